The zero-order valence-corrected chi connectivity index (χ0v) is 10.2. The minimum atomic E-state index is 0.749. The third-order valence-corrected chi connectivity index (χ3v) is 3.62. The Labute approximate surface area is 101 Å². The lowest BCUT2D eigenvalue weighted by Gasteiger charge is -2.04. The minimum Gasteiger partial charge on any atom is -0.255 e. The van der Waals surface area contributed by atoms with Gasteiger partial charge in [-0.1, -0.05) is 41.9 Å². The second-order valence-corrected chi connectivity index (χ2v) is 4.31. The van der Waals surface area contributed by atoms with Gasteiger partial charge in [0.25, 0.3) is 0 Å². The summed E-state index contributed by atoms with van der Waals surface area (Å²) in [7, 11) is 0. The van der Waals surface area contributed by atoms with Crippen molar-refractivity contribution in [2.24, 2.45) is 0 Å². The maximum absolute atomic E-state index is 6.02. The molecule has 70 valence electrons. The maximum atomic E-state index is 6.02. The molecule has 0 aliphatic rings. The fourth-order valence-corrected chi connectivity index (χ4v) is 1.99. The van der Waals surface area contributed by atoms with Crippen molar-refractivity contribution in [3.63, 3.8) is 0 Å². The van der Waals surface area contributed by atoms with Crippen LogP contribution in [-0.4, -0.2) is 4.98 Å². The second kappa shape index (κ2) is 4.28. The molecule has 0 atom stereocenters. The van der Waals surface area contributed by atoms with Gasteiger partial charge in [-0.05, 0) is 28.7 Å². The molecule has 3 heteroatoms. The fraction of sp³-hybridized carbons (Fsp3) is 0. The summed E-state index contributed by atoms with van der Waals surface area (Å²) >= 11 is 8.23. The van der Waals surface area contributed by atoms with Crippen molar-refractivity contribution in [3.8, 4) is 11.3 Å². The van der Waals surface area contributed by atoms with E-state index in [0.717, 1.165) is 19.9 Å². The van der Waals surface area contributed by atoms with Gasteiger partial charge in [0.1, 0.15) is 0 Å². The molecule has 1 aromatic carbocycles. The lowest BCUT2D eigenvalue weighted by molar-refractivity contribution is 1.31. The van der Waals surface area contributed by atoms with Crippen LogP contribution in [0.15, 0.2) is 42.6 Å². The van der Waals surface area contributed by atoms with Gasteiger partial charge in [-0.25, -0.2) is 0 Å². The number of rotatable bonds is 1. The van der Waals surface area contributed by atoms with Crippen LogP contribution in [0.3, 0.4) is 0 Å². The number of hydrogen-bond acceptors (Lipinski definition) is 1. The summed E-state index contributed by atoms with van der Waals surface area (Å²) in [6.45, 7) is 0. The van der Waals surface area contributed by atoms with Crippen LogP contribution in [0, 0.1) is 3.57 Å². The SMILES string of the molecule is Clc1ccnc(-c2ccccc2)c1I. The predicted molar refractivity (Wildman–Crippen MR) is 67.4 cm³/mol. The highest BCUT2D eigenvalue weighted by Crippen LogP contribution is 2.27. The summed E-state index contributed by atoms with van der Waals surface area (Å²) in [5.41, 5.74) is 2.04. The Balaban J connectivity index is 2.58. The third-order valence-electron chi connectivity index (χ3n) is 1.89. The first-order valence-electron chi connectivity index (χ1n) is 4.14. The van der Waals surface area contributed by atoms with Crippen molar-refractivity contribution in [3.05, 3.63) is 51.2 Å². The Bertz CT molecular complexity index is 442. The molecular formula is C11H7ClIN. The van der Waals surface area contributed by atoms with E-state index in [1.807, 2.05) is 30.3 Å². The first kappa shape index (κ1) is 9.93. The van der Waals surface area contributed by atoms with E-state index in [1.165, 1.54) is 0 Å². The average molecular weight is 316 g/mol. The van der Waals surface area contributed by atoms with Crippen LogP contribution in [0.5, 0.6) is 0 Å². The summed E-state index contributed by atoms with van der Waals surface area (Å²) in [5, 5.41) is 0.749. The summed E-state index contributed by atoms with van der Waals surface area (Å²) in [6, 6.07) is 11.8. The second-order valence-electron chi connectivity index (χ2n) is 2.82. The standard InChI is InChI=1S/C11H7ClIN/c12-9-6-7-14-11(10(9)13)8-4-2-1-3-5-8/h1-7H. The highest BCUT2D eigenvalue weighted by Gasteiger charge is 2.06. The molecule has 0 N–H and O–H groups in total. The van der Waals surface area contributed by atoms with Gasteiger partial charge in [0.2, 0.25) is 0 Å². The Kier molecular flexibility index (Phi) is 3.03. The molecule has 1 nitrogen and oxygen atoms in total. The van der Waals surface area contributed by atoms with E-state index in [4.69, 9.17) is 11.6 Å². The summed E-state index contributed by atoms with van der Waals surface area (Å²) in [5.74, 6) is 0. The topological polar surface area (TPSA) is 12.9 Å². The van der Waals surface area contributed by atoms with E-state index in [0.29, 0.717) is 0 Å². The van der Waals surface area contributed by atoms with Crippen LogP contribution in [-0.2, 0) is 0 Å². The smallest absolute Gasteiger partial charge is 0.0850 e. The van der Waals surface area contributed by atoms with Crippen LogP contribution >= 0.6 is 34.2 Å². The number of nitrogens with zero attached hydrogens (tertiary/aromatic N) is 1. The number of pyridine rings is 1. The molecule has 2 aromatic rings. The quantitative estimate of drug-likeness (QED) is 0.725. The molecule has 0 amide bonds. The molecule has 0 saturated heterocycles. The monoisotopic (exact) mass is 315 g/mol. The van der Waals surface area contributed by atoms with Crippen molar-refractivity contribution < 1.29 is 0 Å². The number of halogens is 2. The molecule has 1 heterocycles. The van der Waals surface area contributed by atoms with Gasteiger partial charge in [0, 0.05) is 11.8 Å². The molecule has 14 heavy (non-hydrogen) atoms. The molecule has 0 saturated carbocycles. The van der Waals surface area contributed by atoms with E-state index in [1.54, 1.807) is 12.3 Å². The minimum absolute atomic E-state index is 0.749. The molecule has 0 spiro atoms. The van der Waals surface area contributed by atoms with Crippen molar-refractivity contribution in [1.29, 1.82) is 0 Å². The number of hydrogen-bond donors (Lipinski definition) is 0. The zero-order chi connectivity index (χ0) is 9.97. The Morgan fingerprint density at radius 1 is 1.07 bits per heavy atom. The van der Waals surface area contributed by atoms with Crippen LogP contribution in [0.1, 0.15) is 0 Å². The van der Waals surface area contributed by atoms with Gasteiger partial charge < -0.3 is 0 Å². The van der Waals surface area contributed by atoms with Crippen molar-refractivity contribution in [2.45, 2.75) is 0 Å². The molecule has 2 rings (SSSR count). The van der Waals surface area contributed by atoms with E-state index in [-0.39, 0.29) is 0 Å². The average Bonchev–Trinajstić information content (AvgIpc) is 2.23. The third kappa shape index (κ3) is 1.91. The van der Waals surface area contributed by atoms with E-state index >= 15 is 0 Å². The highest BCUT2D eigenvalue weighted by atomic mass is 127. The summed E-state index contributed by atoms with van der Waals surface area (Å²) in [6.07, 6.45) is 1.73. The van der Waals surface area contributed by atoms with Crippen LogP contribution in [0.4, 0.5) is 0 Å². The summed E-state index contributed by atoms with van der Waals surface area (Å²) in [4.78, 5) is 4.32. The Morgan fingerprint density at radius 2 is 1.79 bits per heavy atom. The zero-order valence-electron chi connectivity index (χ0n) is 7.24. The van der Waals surface area contributed by atoms with E-state index in [9.17, 15) is 0 Å². The van der Waals surface area contributed by atoms with Gasteiger partial charge in [-0.3, -0.25) is 4.98 Å². The van der Waals surface area contributed by atoms with E-state index < -0.39 is 0 Å². The van der Waals surface area contributed by atoms with Gasteiger partial charge in [-0.15, -0.1) is 0 Å². The van der Waals surface area contributed by atoms with Crippen molar-refractivity contribution in [2.75, 3.05) is 0 Å². The molecule has 0 aliphatic carbocycles. The normalized spacial score (nSPS) is 10.1. The Hall–Kier alpha value is -0.610. The van der Waals surface area contributed by atoms with Gasteiger partial charge in [0.15, 0.2) is 0 Å². The van der Waals surface area contributed by atoms with Gasteiger partial charge in [0.05, 0.1) is 14.3 Å². The van der Waals surface area contributed by atoms with Crippen LogP contribution < -0.4 is 0 Å². The molecule has 0 aliphatic heterocycles. The molecule has 0 fully saturated rings. The van der Waals surface area contributed by atoms with E-state index in [2.05, 4.69) is 27.6 Å². The summed E-state index contributed by atoms with van der Waals surface area (Å²) < 4.78 is 0.998. The van der Waals surface area contributed by atoms with Gasteiger partial charge >= 0.3 is 0 Å². The van der Waals surface area contributed by atoms with Crippen LogP contribution in [0.2, 0.25) is 5.02 Å². The fourth-order valence-electron chi connectivity index (χ4n) is 1.22. The molecule has 0 radical (unpaired) electrons. The predicted octanol–water partition coefficient (Wildman–Crippen LogP) is 4.01. The maximum Gasteiger partial charge on any atom is 0.0850 e. The lowest BCUT2D eigenvalue weighted by Crippen LogP contribution is -1.87. The number of aromatic nitrogens is 1. The Morgan fingerprint density at radius 3 is 2.50 bits per heavy atom. The first-order valence-corrected chi connectivity index (χ1v) is 5.60. The largest absolute Gasteiger partial charge is 0.255 e. The molecule has 0 unspecified atom stereocenters. The van der Waals surface area contributed by atoms with Gasteiger partial charge in [-0.2, -0.15) is 0 Å². The molecule has 1 aromatic heterocycles. The highest BCUT2D eigenvalue weighted by molar-refractivity contribution is 14.1. The van der Waals surface area contributed by atoms with Crippen molar-refractivity contribution in [1.82, 2.24) is 4.98 Å². The first-order chi connectivity index (χ1) is 6.79. The lowest BCUT2D eigenvalue weighted by atomic mass is 10.1. The number of benzene rings is 1. The van der Waals surface area contributed by atoms with Crippen molar-refractivity contribution >= 4 is 34.2 Å². The molecular weight excluding hydrogens is 308 g/mol. The van der Waals surface area contributed by atoms with Crippen LogP contribution in [0.25, 0.3) is 11.3 Å². The molecule has 0 bridgehead atoms.